The first-order chi connectivity index (χ1) is 6.74. The highest BCUT2D eigenvalue weighted by Crippen LogP contribution is 1.97. The molecular formula is C9H14N2O3. The molecule has 1 rings (SSSR count). The number of ether oxygens (including phenoxy) is 1. The van der Waals surface area contributed by atoms with Gasteiger partial charge in [-0.1, -0.05) is 6.08 Å². The van der Waals surface area contributed by atoms with Crippen LogP contribution in [0.15, 0.2) is 12.7 Å². The second-order valence-electron chi connectivity index (χ2n) is 2.96. The fourth-order valence-corrected chi connectivity index (χ4v) is 1.11. The summed E-state index contributed by atoms with van der Waals surface area (Å²) in [5.74, 6) is -0.249. The smallest absolute Gasteiger partial charge is 0.324 e. The zero-order chi connectivity index (χ0) is 10.4. The van der Waals surface area contributed by atoms with E-state index < -0.39 is 0 Å². The van der Waals surface area contributed by atoms with E-state index in [1.165, 1.54) is 4.90 Å². The molecule has 0 atom stereocenters. The molecule has 3 amide bonds. The molecule has 5 nitrogen and oxygen atoms in total. The van der Waals surface area contributed by atoms with E-state index in [0.29, 0.717) is 19.8 Å². The van der Waals surface area contributed by atoms with Gasteiger partial charge in [0.1, 0.15) is 6.54 Å². The lowest BCUT2D eigenvalue weighted by molar-refractivity contribution is -0.118. The maximum atomic E-state index is 11.0. The van der Waals surface area contributed by atoms with Crippen LogP contribution in [-0.2, 0) is 9.53 Å². The van der Waals surface area contributed by atoms with Crippen LogP contribution in [0.25, 0.3) is 0 Å². The van der Waals surface area contributed by atoms with E-state index in [-0.39, 0.29) is 18.5 Å². The molecule has 0 saturated carbocycles. The monoisotopic (exact) mass is 198 g/mol. The molecule has 14 heavy (non-hydrogen) atoms. The Labute approximate surface area is 82.7 Å². The van der Waals surface area contributed by atoms with Crippen molar-refractivity contribution in [3.8, 4) is 0 Å². The zero-order valence-electron chi connectivity index (χ0n) is 7.99. The minimum absolute atomic E-state index is 0.143. The Hall–Kier alpha value is -1.36. The highest BCUT2D eigenvalue weighted by atomic mass is 16.5. The summed E-state index contributed by atoms with van der Waals surface area (Å²) in [5, 5.41) is 2.20. The maximum Gasteiger partial charge on any atom is 0.324 e. The third-order valence-electron chi connectivity index (χ3n) is 1.84. The molecule has 1 saturated heterocycles. The van der Waals surface area contributed by atoms with Gasteiger partial charge in [0.25, 0.3) is 0 Å². The number of hydrogen-bond donors (Lipinski definition) is 1. The second kappa shape index (κ2) is 5.39. The van der Waals surface area contributed by atoms with E-state index >= 15 is 0 Å². The molecule has 5 heteroatoms. The van der Waals surface area contributed by atoms with Gasteiger partial charge >= 0.3 is 6.03 Å². The van der Waals surface area contributed by atoms with E-state index in [2.05, 4.69) is 11.9 Å². The third-order valence-corrected chi connectivity index (χ3v) is 1.84. The molecule has 0 aromatic heterocycles. The number of carbonyl (C=O) groups is 2. The van der Waals surface area contributed by atoms with Crippen molar-refractivity contribution in [3.05, 3.63) is 12.7 Å². The molecular weight excluding hydrogens is 184 g/mol. The second-order valence-corrected chi connectivity index (χ2v) is 2.96. The average Bonchev–Trinajstić information content (AvgIpc) is 2.45. The largest absolute Gasteiger partial charge is 0.379 e. The lowest BCUT2D eigenvalue weighted by atomic mass is 10.4. The van der Waals surface area contributed by atoms with Crippen molar-refractivity contribution >= 4 is 11.9 Å². The van der Waals surface area contributed by atoms with Gasteiger partial charge in [-0.25, -0.2) is 4.79 Å². The summed E-state index contributed by atoms with van der Waals surface area (Å²) in [6, 6.07) is -0.331. The van der Waals surface area contributed by atoms with E-state index in [9.17, 15) is 9.59 Å². The van der Waals surface area contributed by atoms with Crippen LogP contribution in [0, 0.1) is 0 Å². The van der Waals surface area contributed by atoms with E-state index in [1.807, 2.05) is 0 Å². The van der Waals surface area contributed by atoms with Crippen LogP contribution in [0.5, 0.6) is 0 Å². The summed E-state index contributed by atoms with van der Waals surface area (Å²) in [4.78, 5) is 23.2. The molecule has 1 heterocycles. The fourth-order valence-electron chi connectivity index (χ4n) is 1.11. The van der Waals surface area contributed by atoms with Gasteiger partial charge in [-0.3, -0.25) is 10.1 Å². The minimum atomic E-state index is -0.331. The van der Waals surface area contributed by atoms with Crippen LogP contribution in [0.4, 0.5) is 4.79 Å². The maximum absolute atomic E-state index is 11.0. The Balaban J connectivity index is 2.09. The van der Waals surface area contributed by atoms with E-state index in [0.717, 1.165) is 6.42 Å². The molecule has 1 N–H and O–H groups in total. The van der Waals surface area contributed by atoms with Crippen molar-refractivity contribution in [1.29, 1.82) is 0 Å². The van der Waals surface area contributed by atoms with Crippen LogP contribution >= 0.6 is 0 Å². The van der Waals surface area contributed by atoms with Crippen LogP contribution in [0.3, 0.4) is 0 Å². The number of nitrogens with zero attached hydrogens (tertiary/aromatic N) is 1. The summed E-state index contributed by atoms with van der Waals surface area (Å²) in [5.41, 5.74) is 0. The fraction of sp³-hybridized carbons (Fsp3) is 0.556. The van der Waals surface area contributed by atoms with Crippen molar-refractivity contribution in [2.24, 2.45) is 0 Å². The van der Waals surface area contributed by atoms with Gasteiger partial charge in [-0.15, -0.1) is 6.58 Å². The van der Waals surface area contributed by atoms with Crippen molar-refractivity contribution in [1.82, 2.24) is 10.2 Å². The van der Waals surface area contributed by atoms with Gasteiger partial charge in [-0.05, 0) is 6.42 Å². The Morgan fingerprint density at radius 2 is 2.29 bits per heavy atom. The SMILES string of the molecule is C=CCCOCCN1CC(=O)NC1=O. The molecule has 1 aliphatic rings. The number of rotatable bonds is 6. The van der Waals surface area contributed by atoms with E-state index in [1.54, 1.807) is 6.08 Å². The first kappa shape index (κ1) is 10.7. The molecule has 0 aliphatic carbocycles. The van der Waals surface area contributed by atoms with Crippen LogP contribution in [0.1, 0.15) is 6.42 Å². The zero-order valence-corrected chi connectivity index (χ0v) is 7.99. The van der Waals surface area contributed by atoms with Crippen LogP contribution < -0.4 is 5.32 Å². The summed E-state index contributed by atoms with van der Waals surface area (Å²) < 4.78 is 5.22. The van der Waals surface area contributed by atoms with E-state index in [4.69, 9.17) is 4.74 Å². The van der Waals surface area contributed by atoms with Crippen LogP contribution in [0.2, 0.25) is 0 Å². The summed E-state index contributed by atoms with van der Waals surface area (Å²) in [6.45, 7) is 5.21. The number of urea groups is 1. The van der Waals surface area contributed by atoms with Gasteiger partial charge in [-0.2, -0.15) is 0 Å². The van der Waals surface area contributed by atoms with Gasteiger partial charge in [0.15, 0.2) is 0 Å². The number of imide groups is 1. The highest BCUT2D eigenvalue weighted by molar-refractivity contribution is 6.01. The van der Waals surface area contributed by atoms with Crippen molar-refractivity contribution in [2.75, 3.05) is 26.3 Å². The summed E-state index contributed by atoms with van der Waals surface area (Å²) >= 11 is 0. The first-order valence-electron chi connectivity index (χ1n) is 4.51. The minimum Gasteiger partial charge on any atom is -0.379 e. The predicted molar refractivity (Wildman–Crippen MR) is 50.7 cm³/mol. The van der Waals surface area contributed by atoms with Gasteiger partial charge in [0, 0.05) is 6.54 Å². The van der Waals surface area contributed by atoms with Crippen molar-refractivity contribution in [3.63, 3.8) is 0 Å². The standard InChI is InChI=1S/C9H14N2O3/c1-2-3-5-14-6-4-11-7-8(12)10-9(11)13/h2H,1,3-7H2,(H,10,12,13). The summed E-state index contributed by atoms with van der Waals surface area (Å²) in [6.07, 6.45) is 2.57. The number of nitrogens with one attached hydrogen (secondary N) is 1. The molecule has 0 aromatic rings. The first-order valence-corrected chi connectivity index (χ1v) is 4.51. The highest BCUT2D eigenvalue weighted by Gasteiger charge is 2.25. The number of carbonyl (C=O) groups excluding carboxylic acids is 2. The lowest BCUT2D eigenvalue weighted by Gasteiger charge is -2.12. The van der Waals surface area contributed by atoms with Gasteiger partial charge < -0.3 is 9.64 Å². The molecule has 0 unspecified atom stereocenters. The Bertz CT molecular complexity index is 240. The molecule has 0 radical (unpaired) electrons. The lowest BCUT2D eigenvalue weighted by Crippen LogP contribution is -2.31. The molecule has 1 aliphatic heterocycles. The Kier molecular flexibility index (Phi) is 4.12. The molecule has 0 aromatic carbocycles. The number of hydrogen-bond acceptors (Lipinski definition) is 3. The Morgan fingerprint density at radius 1 is 1.50 bits per heavy atom. The summed E-state index contributed by atoms with van der Waals surface area (Å²) in [7, 11) is 0. The predicted octanol–water partition coefficient (Wildman–Crippen LogP) is 0.131. The van der Waals surface area contributed by atoms with Crippen LogP contribution in [-0.4, -0.2) is 43.1 Å². The molecule has 0 bridgehead atoms. The normalized spacial score (nSPS) is 15.9. The Morgan fingerprint density at radius 3 is 2.86 bits per heavy atom. The van der Waals surface area contributed by atoms with Gasteiger partial charge in [0.2, 0.25) is 5.91 Å². The van der Waals surface area contributed by atoms with Crippen molar-refractivity contribution < 1.29 is 14.3 Å². The van der Waals surface area contributed by atoms with Crippen molar-refractivity contribution in [2.45, 2.75) is 6.42 Å². The third kappa shape index (κ3) is 3.18. The van der Waals surface area contributed by atoms with Gasteiger partial charge in [0.05, 0.1) is 13.2 Å². The molecule has 1 fully saturated rings. The quantitative estimate of drug-likeness (QED) is 0.375. The topological polar surface area (TPSA) is 58.6 Å². The average molecular weight is 198 g/mol. The molecule has 0 spiro atoms. The number of amides is 3. The molecule has 78 valence electrons.